The van der Waals surface area contributed by atoms with Crippen LogP contribution in [0, 0.1) is 0 Å². The summed E-state index contributed by atoms with van der Waals surface area (Å²) in [5, 5.41) is 17.2. The molecule has 0 spiro atoms. The van der Waals surface area contributed by atoms with Crippen molar-refractivity contribution in [2.24, 2.45) is 0 Å². The largest absolute Gasteiger partial charge is 0.396 e. The van der Waals surface area contributed by atoms with Crippen LogP contribution in [0.1, 0.15) is 11.4 Å². The smallest absolute Gasteiger partial charge is 0.0612 e. The van der Waals surface area contributed by atoms with E-state index in [-0.39, 0.29) is 13.2 Å². The molecular formula is C8H12N2O2. The molecule has 0 unspecified atom stereocenters. The molecule has 0 bridgehead atoms. The molecule has 0 saturated heterocycles. The van der Waals surface area contributed by atoms with Crippen molar-refractivity contribution in [3.8, 4) is 0 Å². The van der Waals surface area contributed by atoms with Gasteiger partial charge in [-0.1, -0.05) is 0 Å². The van der Waals surface area contributed by atoms with Crippen LogP contribution in [0.4, 0.5) is 0 Å². The second-order valence-electron chi connectivity index (χ2n) is 2.45. The molecule has 0 aromatic carbocycles. The molecule has 0 amide bonds. The predicted molar refractivity (Wildman–Crippen MR) is 43.6 cm³/mol. The SMILES string of the molecule is OCCc1cncc(CCO)n1. The summed E-state index contributed by atoms with van der Waals surface area (Å²) in [6.07, 6.45) is 4.28. The zero-order chi connectivity index (χ0) is 8.81. The fourth-order valence-corrected chi connectivity index (χ4v) is 0.922. The Balaban J connectivity index is 2.67. The van der Waals surface area contributed by atoms with Crippen LogP contribution in [0.25, 0.3) is 0 Å². The highest BCUT2D eigenvalue weighted by molar-refractivity contribution is 5.03. The van der Waals surface area contributed by atoms with Gasteiger partial charge in [-0.05, 0) is 0 Å². The van der Waals surface area contributed by atoms with Gasteiger partial charge < -0.3 is 10.2 Å². The molecule has 1 aromatic heterocycles. The summed E-state index contributed by atoms with van der Waals surface area (Å²) in [5.74, 6) is 0. The van der Waals surface area contributed by atoms with Gasteiger partial charge >= 0.3 is 0 Å². The monoisotopic (exact) mass is 168 g/mol. The Labute approximate surface area is 70.9 Å². The number of aromatic nitrogens is 2. The Morgan fingerprint density at radius 1 is 1.00 bits per heavy atom. The summed E-state index contributed by atoms with van der Waals surface area (Å²) in [6, 6.07) is 0. The molecular weight excluding hydrogens is 156 g/mol. The van der Waals surface area contributed by atoms with Gasteiger partial charge in [-0.3, -0.25) is 9.97 Å². The quantitative estimate of drug-likeness (QED) is 0.638. The van der Waals surface area contributed by atoms with Crippen LogP contribution in [0.2, 0.25) is 0 Å². The molecule has 0 saturated carbocycles. The highest BCUT2D eigenvalue weighted by Crippen LogP contribution is 1.97. The standard InChI is InChI=1S/C8H12N2O2/c11-3-1-7-5-9-6-8(10-7)2-4-12/h5-6,11-12H,1-4H2. The van der Waals surface area contributed by atoms with Gasteiger partial charge in [-0.15, -0.1) is 0 Å². The van der Waals surface area contributed by atoms with E-state index in [1.54, 1.807) is 12.4 Å². The second-order valence-corrected chi connectivity index (χ2v) is 2.45. The third-order valence-corrected chi connectivity index (χ3v) is 1.47. The van der Waals surface area contributed by atoms with Gasteiger partial charge in [0.1, 0.15) is 0 Å². The molecule has 1 aromatic rings. The minimum Gasteiger partial charge on any atom is -0.396 e. The average Bonchev–Trinajstić information content (AvgIpc) is 2.06. The summed E-state index contributed by atoms with van der Waals surface area (Å²) in [5.41, 5.74) is 1.53. The zero-order valence-corrected chi connectivity index (χ0v) is 6.77. The van der Waals surface area contributed by atoms with Crippen LogP contribution in [0.3, 0.4) is 0 Å². The summed E-state index contributed by atoms with van der Waals surface area (Å²) >= 11 is 0. The lowest BCUT2D eigenvalue weighted by Crippen LogP contribution is -2.01. The first-order chi connectivity index (χ1) is 5.86. The van der Waals surface area contributed by atoms with Crippen LogP contribution in [0.5, 0.6) is 0 Å². The van der Waals surface area contributed by atoms with Crippen LogP contribution in [-0.2, 0) is 12.8 Å². The normalized spacial score (nSPS) is 10.2. The molecule has 66 valence electrons. The number of nitrogens with zero attached hydrogens (tertiary/aromatic N) is 2. The van der Waals surface area contributed by atoms with Gasteiger partial charge in [0.15, 0.2) is 0 Å². The van der Waals surface area contributed by atoms with E-state index in [1.807, 2.05) is 0 Å². The lowest BCUT2D eigenvalue weighted by molar-refractivity contribution is 0.295. The number of hydrogen-bond donors (Lipinski definition) is 2. The minimum atomic E-state index is 0.0806. The van der Waals surface area contributed by atoms with E-state index in [2.05, 4.69) is 9.97 Å². The Kier molecular flexibility index (Phi) is 3.63. The molecule has 0 fully saturated rings. The van der Waals surface area contributed by atoms with Gasteiger partial charge in [0.2, 0.25) is 0 Å². The maximum atomic E-state index is 8.62. The Morgan fingerprint density at radius 2 is 1.50 bits per heavy atom. The van der Waals surface area contributed by atoms with Crippen molar-refractivity contribution in [2.75, 3.05) is 13.2 Å². The van der Waals surface area contributed by atoms with Gasteiger partial charge in [0, 0.05) is 38.4 Å². The van der Waals surface area contributed by atoms with Gasteiger partial charge in [-0.2, -0.15) is 0 Å². The molecule has 2 N–H and O–H groups in total. The van der Waals surface area contributed by atoms with Crippen molar-refractivity contribution < 1.29 is 10.2 Å². The molecule has 0 aliphatic rings. The molecule has 0 aliphatic carbocycles. The fourth-order valence-electron chi connectivity index (χ4n) is 0.922. The summed E-state index contributed by atoms with van der Waals surface area (Å²) in [7, 11) is 0. The van der Waals surface area contributed by atoms with Crippen molar-refractivity contribution in [3.05, 3.63) is 23.8 Å². The highest BCUT2D eigenvalue weighted by atomic mass is 16.3. The van der Waals surface area contributed by atoms with E-state index in [4.69, 9.17) is 10.2 Å². The van der Waals surface area contributed by atoms with E-state index >= 15 is 0 Å². The number of rotatable bonds is 4. The minimum absolute atomic E-state index is 0.0806. The lowest BCUT2D eigenvalue weighted by Gasteiger charge is -1.99. The van der Waals surface area contributed by atoms with Crippen molar-refractivity contribution in [1.82, 2.24) is 9.97 Å². The van der Waals surface area contributed by atoms with Crippen molar-refractivity contribution in [3.63, 3.8) is 0 Å². The van der Waals surface area contributed by atoms with E-state index in [0.29, 0.717) is 12.8 Å². The molecule has 0 radical (unpaired) electrons. The van der Waals surface area contributed by atoms with E-state index in [9.17, 15) is 0 Å². The maximum Gasteiger partial charge on any atom is 0.0612 e. The number of aliphatic hydroxyl groups is 2. The predicted octanol–water partition coefficient (Wildman–Crippen LogP) is -0.454. The second kappa shape index (κ2) is 4.79. The topological polar surface area (TPSA) is 66.2 Å². The third-order valence-electron chi connectivity index (χ3n) is 1.47. The summed E-state index contributed by atoms with van der Waals surface area (Å²) in [4.78, 5) is 8.11. The molecule has 1 heterocycles. The number of hydrogen-bond acceptors (Lipinski definition) is 4. The van der Waals surface area contributed by atoms with Crippen LogP contribution in [0.15, 0.2) is 12.4 Å². The van der Waals surface area contributed by atoms with E-state index in [1.165, 1.54) is 0 Å². The van der Waals surface area contributed by atoms with Crippen LogP contribution in [-0.4, -0.2) is 33.4 Å². The Bertz CT molecular complexity index is 219. The maximum absolute atomic E-state index is 8.62. The first kappa shape index (κ1) is 9.09. The molecule has 4 nitrogen and oxygen atoms in total. The molecule has 12 heavy (non-hydrogen) atoms. The molecule has 0 aliphatic heterocycles. The van der Waals surface area contributed by atoms with Crippen LogP contribution >= 0.6 is 0 Å². The van der Waals surface area contributed by atoms with Crippen molar-refractivity contribution >= 4 is 0 Å². The van der Waals surface area contributed by atoms with Gasteiger partial charge in [0.25, 0.3) is 0 Å². The first-order valence-electron chi connectivity index (χ1n) is 3.88. The summed E-state index contributed by atoms with van der Waals surface area (Å²) < 4.78 is 0. The lowest BCUT2D eigenvalue weighted by atomic mass is 10.3. The van der Waals surface area contributed by atoms with E-state index < -0.39 is 0 Å². The number of aliphatic hydroxyl groups excluding tert-OH is 2. The van der Waals surface area contributed by atoms with Crippen LogP contribution < -0.4 is 0 Å². The molecule has 0 atom stereocenters. The average molecular weight is 168 g/mol. The van der Waals surface area contributed by atoms with E-state index in [0.717, 1.165) is 11.4 Å². The van der Waals surface area contributed by atoms with Gasteiger partial charge in [0.05, 0.1) is 11.4 Å². The Morgan fingerprint density at radius 3 is 1.92 bits per heavy atom. The molecule has 1 rings (SSSR count). The fraction of sp³-hybridized carbons (Fsp3) is 0.500. The first-order valence-corrected chi connectivity index (χ1v) is 3.88. The van der Waals surface area contributed by atoms with Gasteiger partial charge in [-0.25, -0.2) is 0 Å². The zero-order valence-electron chi connectivity index (χ0n) is 6.77. The van der Waals surface area contributed by atoms with Crippen molar-refractivity contribution in [2.45, 2.75) is 12.8 Å². The van der Waals surface area contributed by atoms with Crippen molar-refractivity contribution in [1.29, 1.82) is 0 Å². The third kappa shape index (κ3) is 2.56. The molecule has 4 heteroatoms. The Hall–Kier alpha value is -1.00. The highest BCUT2D eigenvalue weighted by Gasteiger charge is 1.97. The summed E-state index contributed by atoms with van der Waals surface area (Å²) in [6.45, 7) is 0.161.